The molecule has 0 aromatic rings. The van der Waals surface area contributed by atoms with Crippen molar-refractivity contribution in [2.45, 2.75) is 58.4 Å². The normalized spacial score (nSPS) is 18.5. The molecular formula is C11H22LiNO. The summed E-state index contributed by atoms with van der Waals surface area (Å²) < 4.78 is 0. The van der Waals surface area contributed by atoms with E-state index in [9.17, 15) is 4.79 Å². The predicted molar refractivity (Wildman–Crippen MR) is 61.6 cm³/mol. The van der Waals surface area contributed by atoms with Crippen molar-refractivity contribution in [3.05, 3.63) is 0 Å². The van der Waals surface area contributed by atoms with Crippen LogP contribution in [0, 0.1) is 5.92 Å². The zero-order valence-electron chi connectivity index (χ0n) is 9.02. The Morgan fingerprint density at radius 1 is 1.14 bits per heavy atom. The van der Waals surface area contributed by atoms with E-state index in [2.05, 4.69) is 5.32 Å². The molecule has 0 bridgehead atoms. The van der Waals surface area contributed by atoms with Crippen LogP contribution in [0.4, 0.5) is 0 Å². The first kappa shape index (κ1) is 14.1. The third kappa shape index (κ3) is 5.07. The van der Waals surface area contributed by atoms with Crippen LogP contribution in [0.15, 0.2) is 0 Å². The summed E-state index contributed by atoms with van der Waals surface area (Å²) in [5.74, 6) is 0.542. The monoisotopic (exact) mass is 191 g/mol. The van der Waals surface area contributed by atoms with Crippen molar-refractivity contribution in [1.82, 2.24) is 5.32 Å². The third-order valence-electron chi connectivity index (χ3n) is 2.47. The summed E-state index contributed by atoms with van der Waals surface area (Å²) in [6.45, 7) is 6.11. The summed E-state index contributed by atoms with van der Waals surface area (Å²) >= 11 is 0. The summed E-state index contributed by atoms with van der Waals surface area (Å²) in [7, 11) is 0. The number of hydrogen-bond acceptors (Lipinski definition) is 1. The van der Waals surface area contributed by atoms with Gasteiger partial charge in [-0.3, -0.25) is 4.79 Å². The molecule has 0 aliphatic heterocycles. The van der Waals surface area contributed by atoms with Crippen molar-refractivity contribution in [3.63, 3.8) is 0 Å². The number of rotatable bonds is 1. The first-order valence-electron chi connectivity index (χ1n) is 5.31. The first-order valence-corrected chi connectivity index (χ1v) is 5.31. The van der Waals surface area contributed by atoms with Crippen LogP contribution >= 0.6 is 0 Å². The second kappa shape index (κ2) is 5.83. The Morgan fingerprint density at radius 2 is 1.64 bits per heavy atom. The summed E-state index contributed by atoms with van der Waals surface area (Å²) in [6, 6.07) is 0. The van der Waals surface area contributed by atoms with Gasteiger partial charge in [0.2, 0.25) is 5.91 Å². The fraction of sp³-hybridized carbons (Fsp3) is 0.909. The second-order valence-electron chi connectivity index (χ2n) is 5.07. The molecular weight excluding hydrogens is 169 g/mol. The van der Waals surface area contributed by atoms with E-state index in [0.29, 0.717) is 0 Å². The SMILES string of the molecule is CC(C)(C)NC(=O)C1CCCCC1.[LiH]. The number of nitrogens with one attached hydrogen (secondary N) is 1. The zero-order valence-corrected chi connectivity index (χ0v) is 9.02. The maximum absolute atomic E-state index is 11.7. The van der Waals surface area contributed by atoms with Crippen LogP contribution in [0.2, 0.25) is 0 Å². The molecule has 0 spiro atoms. The Morgan fingerprint density at radius 3 is 2.07 bits per heavy atom. The quantitative estimate of drug-likeness (QED) is 0.629. The molecule has 1 aliphatic rings. The van der Waals surface area contributed by atoms with Crippen LogP contribution in [-0.2, 0) is 4.79 Å². The van der Waals surface area contributed by atoms with Crippen LogP contribution in [0.1, 0.15) is 52.9 Å². The van der Waals surface area contributed by atoms with Crippen LogP contribution in [0.3, 0.4) is 0 Å². The van der Waals surface area contributed by atoms with E-state index in [1.807, 2.05) is 20.8 Å². The van der Waals surface area contributed by atoms with Crippen LogP contribution in [0.5, 0.6) is 0 Å². The van der Waals surface area contributed by atoms with Crippen molar-refractivity contribution in [2.24, 2.45) is 5.92 Å². The minimum atomic E-state index is -0.0749. The number of hydrogen-bond donors (Lipinski definition) is 1. The van der Waals surface area contributed by atoms with Crippen molar-refractivity contribution < 1.29 is 4.79 Å². The molecule has 0 heterocycles. The molecule has 14 heavy (non-hydrogen) atoms. The Labute approximate surface area is 99.4 Å². The fourth-order valence-corrected chi connectivity index (χ4v) is 1.84. The molecule has 3 heteroatoms. The van der Waals surface area contributed by atoms with E-state index in [4.69, 9.17) is 0 Å². The van der Waals surface area contributed by atoms with E-state index in [0.717, 1.165) is 12.8 Å². The van der Waals surface area contributed by atoms with E-state index in [1.54, 1.807) is 0 Å². The molecule has 1 aliphatic carbocycles. The summed E-state index contributed by atoms with van der Waals surface area (Å²) in [5, 5.41) is 3.05. The van der Waals surface area contributed by atoms with E-state index < -0.39 is 0 Å². The van der Waals surface area contributed by atoms with Gasteiger partial charge in [0.15, 0.2) is 0 Å². The molecule has 1 rings (SSSR count). The number of amides is 1. The average molecular weight is 191 g/mol. The fourth-order valence-electron chi connectivity index (χ4n) is 1.84. The van der Waals surface area contributed by atoms with Crippen molar-refractivity contribution in [1.29, 1.82) is 0 Å². The van der Waals surface area contributed by atoms with Crippen LogP contribution in [0.25, 0.3) is 0 Å². The number of carbonyl (C=O) groups is 1. The zero-order chi connectivity index (χ0) is 9.90. The molecule has 78 valence electrons. The molecule has 1 amide bonds. The summed E-state index contributed by atoms with van der Waals surface area (Å²) in [5.41, 5.74) is -0.0749. The molecule has 0 atom stereocenters. The van der Waals surface area contributed by atoms with Gasteiger partial charge in [0, 0.05) is 11.5 Å². The molecule has 2 nitrogen and oxygen atoms in total. The van der Waals surface area contributed by atoms with Gasteiger partial charge in [0.05, 0.1) is 0 Å². The Kier molecular flexibility index (Phi) is 5.86. The molecule has 0 radical (unpaired) electrons. The van der Waals surface area contributed by atoms with E-state index in [-0.39, 0.29) is 36.2 Å². The molecule has 1 saturated carbocycles. The molecule has 1 N–H and O–H groups in total. The second-order valence-corrected chi connectivity index (χ2v) is 5.07. The van der Waals surface area contributed by atoms with Crippen LogP contribution in [-0.4, -0.2) is 30.3 Å². The molecule has 0 aromatic heterocycles. The van der Waals surface area contributed by atoms with Crippen LogP contribution < -0.4 is 5.32 Å². The molecule has 0 saturated heterocycles. The van der Waals surface area contributed by atoms with Gasteiger partial charge < -0.3 is 5.32 Å². The topological polar surface area (TPSA) is 29.1 Å². The van der Waals surface area contributed by atoms with E-state index in [1.165, 1.54) is 19.3 Å². The van der Waals surface area contributed by atoms with Crippen molar-refractivity contribution in [3.8, 4) is 0 Å². The third-order valence-corrected chi connectivity index (χ3v) is 2.47. The summed E-state index contributed by atoms with van der Waals surface area (Å²) in [4.78, 5) is 11.7. The Bertz CT molecular complexity index is 180. The van der Waals surface area contributed by atoms with Gasteiger partial charge in [0.25, 0.3) is 0 Å². The van der Waals surface area contributed by atoms with Crippen molar-refractivity contribution in [2.75, 3.05) is 0 Å². The minimum absolute atomic E-state index is 0. The Hall–Kier alpha value is 0.0674. The van der Waals surface area contributed by atoms with Gasteiger partial charge in [-0.1, -0.05) is 19.3 Å². The summed E-state index contributed by atoms with van der Waals surface area (Å²) in [6.07, 6.45) is 5.92. The van der Waals surface area contributed by atoms with Gasteiger partial charge in [-0.05, 0) is 33.6 Å². The predicted octanol–water partition coefficient (Wildman–Crippen LogP) is 1.83. The van der Waals surface area contributed by atoms with Crippen molar-refractivity contribution >= 4 is 24.8 Å². The molecule has 1 fully saturated rings. The van der Waals surface area contributed by atoms with Gasteiger partial charge in [-0.25, -0.2) is 0 Å². The Balaban J connectivity index is 0.00000169. The van der Waals surface area contributed by atoms with Gasteiger partial charge in [-0.15, -0.1) is 0 Å². The van der Waals surface area contributed by atoms with E-state index >= 15 is 0 Å². The maximum atomic E-state index is 11.7. The molecule has 0 aromatic carbocycles. The average Bonchev–Trinajstić information content (AvgIpc) is 2.03. The number of carbonyl (C=O) groups excluding carboxylic acids is 1. The first-order chi connectivity index (χ1) is 5.99. The van der Waals surface area contributed by atoms with Gasteiger partial charge in [0.1, 0.15) is 0 Å². The van der Waals surface area contributed by atoms with Gasteiger partial charge >= 0.3 is 18.9 Å². The van der Waals surface area contributed by atoms with Gasteiger partial charge in [-0.2, -0.15) is 0 Å². The standard InChI is InChI=1S/C11H21NO.Li.H/c1-11(2,3)12-10(13)9-7-5-4-6-8-9;;/h9H,4-8H2,1-3H3,(H,12,13);;. The molecule has 0 unspecified atom stereocenters.